The molecule has 1 aliphatic rings. The van der Waals surface area contributed by atoms with Gasteiger partial charge in [-0.05, 0) is 54.3 Å². The van der Waals surface area contributed by atoms with Crippen LogP contribution < -0.4 is 15.5 Å². The van der Waals surface area contributed by atoms with Gasteiger partial charge in [0, 0.05) is 48.4 Å². The summed E-state index contributed by atoms with van der Waals surface area (Å²) in [7, 11) is 2.00. The number of nitrogens with zero attached hydrogens (tertiary/aromatic N) is 4. The number of nitrogens with one attached hydrogen (secondary N) is 2. The Hall–Kier alpha value is -3.25. The van der Waals surface area contributed by atoms with Gasteiger partial charge in [0.2, 0.25) is 5.95 Å². The Bertz CT molecular complexity index is 1270. The predicted molar refractivity (Wildman–Crippen MR) is 147 cm³/mol. The number of anilines is 4. The van der Waals surface area contributed by atoms with E-state index in [4.69, 9.17) is 9.97 Å². The highest BCUT2D eigenvalue weighted by atomic mass is 15.2. The highest BCUT2D eigenvalue weighted by Gasteiger charge is 2.27. The van der Waals surface area contributed by atoms with E-state index in [-0.39, 0.29) is 10.8 Å². The lowest BCUT2D eigenvalue weighted by atomic mass is 9.79. The second-order valence-corrected chi connectivity index (χ2v) is 11.3. The molecule has 0 saturated carbocycles. The fourth-order valence-corrected chi connectivity index (χ4v) is 4.77. The van der Waals surface area contributed by atoms with Crippen LogP contribution in [0.4, 0.5) is 23.3 Å². The van der Waals surface area contributed by atoms with Gasteiger partial charge in [0.15, 0.2) is 0 Å². The van der Waals surface area contributed by atoms with Crippen LogP contribution in [0.15, 0.2) is 43.1 Å². The molecule has 3 aromatic rings. The highest BCUT2D eigenvalue weighted by molar-refractivity contribution is 5.75. The minimum atomic E-state index is -0.0492. The molecule has 4 rings (SSSR count). The fourth-order valence-electron chi connectivity index (χ4n) is 4.77. The van der Waals surface area contributed by atoms with Crippen molar-refractivity contribution < 1.29 is 0 Å². The first kappa shape index (κ1) is 24.9. The zero-order valence-electron chi connectivity index (χ0n) is 22.4. The minimum Gasteiger partial charge on any atom is -0.324 e. The first-order chi connectivity index (χ1) is 16.4. The lowest BCUT2D eigenvalue weighted by Crippen LogP contribution is -2.38. The predicted octanol–water partition coefficient (Wildman–Crippen LogP) is 6.40. The Balaban J connectivity index is 1.69. The summed E-state index contributed by atoms with van der Waals surface area (Å²) in [6.07, 6.45) is 1.84. The van der Waals surface area contributed by atoms with Gasteiger partial charge in [-0.2, -0.15) is 4.98 Å². The molecule has 0 unspecified atom stereocenters. The number of allylic oxidation sites excluding steroid dienone is 1. The van der Waals surface area contributed by atoms with Crippen LogP contribution in [0, 0.1) is 6.92 Å². The van der Waals surface area contributed by atoms with Gasteiger partial charge in [-0.3, -0.25) is 0 Å². The standard InChI is InChI=1S/C29H38N6/c1-18(2)22-16-31-27(32-21-11-12-23-20(14-21)15-30-17-29(23,7)8)34-26(22)35(9)24-13-10-19(3)25(33-24)28(4,5)6/h10-14,16,30H,1,15,17H2,2-9H3,(H,31,32,34). The van der Waals surface area contributed by atoms with Crippen molar-refractivity contribution >= 4 is 28.8 Å². The first-order valence-electron chi connectivity index (χ1n) is 12.2. The van der Waals surface area contributed by atoms with Crippen LogP contribution in [0.25, 0.3) is 5.57 Å². The zero-order chi connectivity index (χ0) is 25.5. The fraction of sp³-hybridized carbons (Fsp3) is 0.414. The summed E-state index contributed by atoms with van der Waals surface area (Å²) in [6, 6.07) is 10.7. The summed E-state index contributed by atoms with van der Waals surface area (Å²) in [5.74, 6) is 2.16. The number of hydrogen-bond donors (Lipinski definition) is 2. The summed E-state index contributed by atoms with van der Waals surface area (Å²) >= 11 is 0. The molecule has 0 spiro atoms. The molecule has 6 nitrogen and oxygen atoms in total. The molecule has 1 aliphatic heterocycles. The lowest BCUT2D eigenvalue weighted by Gasteiger charge is -2.33. The monoisotopic (exact) mass is 470 g/mol. The molecule has 1 aromatic carbocycles. The highest BCUT2D eigenvalue weighted by Crippen LogP contribution is 2.34. The molecule has 0 aliphatic carbocycles. The van der Waals surface area contributed by atoms with Crippen LogP contribution >= 0.6 is 0 Å². The van der Waals surface area contributed by atoms with Crippen LogP contribution in [0.3, 0.4) is 0 Å². The van der Waals surface area contributed by atoms with Crippen molar-refractivity contribution in [3.8, 4) is 0 Å². The Labute approximate surface area is 209 Å². The third-order valence-electron chi connectivity index (χ3n) is 6.66. The van der Waals surface area contributed by atoms with E-state index in [1.807, 2.05) is 31.1 Å². The van der Waals surface area contributed by atoms with E-state index in [0.717, 1.165) is 47.2 Å². The summed E-state index contributed by atoms with van der Waals surface area (Å²) in [5.41, 5.74) is 7.81. The minimum absolute atomic E-state index is 0.0492. The van der Waals surface area contributed by atoms with E-state index >= 15 is 0 Å². The van der Waals surface area contributed by atoms with Gasteiger partial charge in [0.05, 0.1) is 5.69 Å². The van der Waals surface area contributed by atoms with Crippen molar-refractivity contribution in [1.29, 1.82) is 0 Å². The lowest BCUT2D eigenvalue weighted by molar-refractivity contribution is 0.435. The normalized spacial score (nSPS) is 14.9. The van der Waals surface area contributed by atoms with Gasteiger partial charge in [-0.15, -0.1) is 0 Å². The van der Waals surface area contributed by atoms with E-state index in [0.29, 0.717) is 5.95 Å². The molecule has 0 fully saturated rings. The number of aromatic nitrogens is 3. The average Bonchev–Trinajstić information content (AvgIpc) is 2.77. The molecule has 3 heterocycles. The largest absolute Gasteiger partial charge is 0.324 e. The Morgan fingerprint density at radius 1 is 1.14 bits per heavy atom. The van der Waals surface area contributed by atoms with Crippen molar-refractivity contribution in [2.75, 3.05) is 23.8 Å². The van der Waals surface area contributed by atoms with Crippen LogP contribution in [0.5, 0.6) is 0 Å². The number of pyridine rings is 1. The topological polar surface area (TPSA) is 66.0 Å². The molecule has 0 atom stereocenters. The maximum Gasteiger partial charge on any atom is 0.229 e. The molecule has 2 N–H and O–H groups in total. The van der Waals surface area contributed by atoms with Crippen LogP contribution in [0.2, 0.25) is 0 Å². The summed E-state index contributed by atoms with van der Waals surface area (Å²) in [5, 5.41) is 6.93. The molecule has 6 heteroatoms. The van der Waals surface area contributed by atoms with E-state index in [9.17, 15) is 0 Å². The quantitative estimate of drug-likeness (QED) is 0.450. The van der Waals surface area contributed by atoms with Crippen LogP contribution in [-0.4, -0.2) is 28.5 Å². The molecule has 35 heavy (non-hydrogen) atoms. The number of benzene rings is 1. The van der Waals surface area contributed by atoms with E-state index in [2.05, 4.69) is 88.0 Å². The van der Waals surface area contributed by atoms with Crippen molar-refractivity contribution in [3.05, 3.63) is 71.1 Å². The van der Waals surface area contributed by atoms with Gasteiger partial charge in [-0.1, -0.05) is 53.3 Å². The maximum absolute atomic E-state index is 5.00. The van der Waals surface area contributed by atoms with Gasteiger partial charge >= 0.3 is 0 Å². The molecule has 0 amide bonds. The zero-order valence-corrected chi connectivity index (χ0v) is 22.4. The average molecular weight is 471 g/mol. The molecule has 0 radical (unpaired) electrons. The molecule has 2 aromatic heterocycles. The number of fused-ring (bicyclic) bond motifs is 1. The second-order valence-electron chi connectivity index (χ2n) is 11.3. The SMILES string of the molecule is C=C(C)c1cnc(Nc2ccc3c(c2)CNCC3(C)C)nc1N(C)c1ccc(C)c(C(C)(C)C)n1. The molecular weight excluding hydrogens is 432 g/mol. The summed E-state index contributed by atoms with van der Waals surface area (Å²) < 4.78 is 0. The molecule has 0 bridgehead atoms. The van der Waals surface area contributed by atoms with Crippen LogP contribution in [0.1, 0.15) is 69.5 Å². The van der Waals surface area contributed by atoms with E-state index in [1.54, 1.807) is 0 Å². The third kappa shape index (κ3) is 5.08. The first-order valence-corrected chi connectivity index (χ1v) is 12.2. The Morgan fingerprint density at radius 2 is 1.89 bits per heavy atom. The third-order valence-corrected chi connectivity index (χ3v) is 6.66. The number of aryl methyl sites for hydroxylation is 1. The van der Waals surface area contributed by atoms with Gasteiger partial charge in [0.1, 0.15) is 11.6 Å². The molecule has 184 valence electrons. The molecular formula is C29H38N6. The van der Waals surface area contributed by atoms with Crippen molar-refractivity contribution in [2.45, 2.75) is 65.8 Å². The smallest absolute Gasteiger partial charge is 0.229 e. The number of rotatable bonds is 5. The van der Waals surface area contributed by atoms with Crippen molar-refractivity contribution in [3.63, 3.8) is 0 Å². The van der Waals surface area contributed by atoms with Gasteiger partial charge < -0.3 is 15.5 Å². The Kier molecular flexibility index (Phi) is 6.45. The van der Waals surface area contributed by atoms with Gasteiger partial charge in [-0.25, -0.2) is 9.97 Å². The van der Waals surface area contributed by atoms with Crippen molar-refractivity contribution in [1.82, 2.24) is 20.3 Å². The summed E-state index contributed by atoms with van der Waals surface area (Å²) in [6.45, 7) is 21.2. The summed E-state index contributed by atoms with van der Waals surface area (Å²) in [4.78, 5) is 16.5. The van der Waals surface area contributed by atoms with Gasteiger partial charge in [0.25, 0.3) is 0 Å². The second kappa shape index (κ2) is 9.08. The molecule has 0 saturated heterocycles. The van der Waals surface area contributed by atoms with E-state index < -0.39 is 0 Å². The maximum atomic E-state index is 5.00. The van der Waals surface area contributed by atoms with Crippen molar-refractivity contribution in [2.24, 2.45) is 0 Å². The van der Waals surface area contributed by atoms with Crippen LogP contribution in [-0.2, 0) is 17.4 Å². The van der Waals surface area contributed by atoms with E-state index in [1.165, 1.54) is 16.7 Å². The number of hydrogen-bond acceptors (Lipinski definition) is 6. The Morgan fingerprint density at radius 3 is 2.57 bits per heavy atom.